The summed E-state index contributed by atoms with van der Waals surface area (Å²) in [6, 6.07) is 16.6. The molecule has 0 radical (unpaired) electrons. The van der Waals surface area contributed by atoms with Gasteiger partial charge in [-0.3, -0.25) is 9.59 Å². The molecule has 3 N–H and O–H groups in total. The van der Waals surface area contributed by atoms with Gasteiger partial charge in [0.15, 0.2) is 11.4 Å². The lowest BCUT2D eigenvalue weighted by Crippen LogP contribution is -2.31. The Morgan fingerprint density at radius 3 is 2.50 bits per heavy atom. The molecule has 188 valence electrons. The van der Waals surface area contributed by atoms with Crippen molar-refractivity contribution in [1.82, 2.24) is 9.97 Å². The molecule has 2 heterocycles. The summed E-state index contributed by atoms with van der Waals surface area (Å²) in [7, 11) is 0. The van der Waals surface area contributed by atoms with Crippen LogP contribution in [0, 0.1) is 0 Å². The van der Waals surface area contributed by atoms with Gasteiger partial charge < -0.3 is 25.0 Å². The number of thioether (sulfide) groups is 1. The lowest BCUT2D eigenvalue weighted by Gasteiger charge is -2.36. The minimum absolute atomic E-state index is 0.0289. The fourth-order valence-electron chi connectivity index (χ4n) is 3.76. The molecule has 4 rings (SSSR count). The molecule has 1 fully saturated rings. The number of hydrogen-bond donors (Lipinski definition) is 3. The molecule has 1 aliphatic rings. The Kier molecular flexibility index (Phi) is 9.01. The Morgan fingerprint density at radius 1 is 1.00 bits per heavy atom. The lowest BCUT2D eigenvalue weighted by molar-refractivity contribution is -0.245. The maximum Gasteiger partial charge on any atom is 0.303 e. The van der Waals surface area contributed by atoms with Crippen LogP contribution in [0.15, 0.2) is 72.1 Å². The number of nitrogens with zero attached hydrogens (tertiary/aromatic N) is 2. The van der Waals surface area contributed by atoms with Gasteiger partial charge in [-0.25, -0.2) is 9.97 Å². The van der Waals surface area contributed by atoms with Crippen LogP contribution in [0.3, 0.4) is 0 Å². The van der Waals surface area contributed by atoms with Crippen LogP contribution in [-0.4, -0.2) is 43.9 Å². The molecule has 0 spiro atoms. The first kappa shape index (κ1) is 25.8. The van der Waals surface area contributed by atoms with Gasteiger partial charge in [0.1, 0.15) is 0 Å². The molecule has 0 aliphatic carbocycles. The SMILES string of the molecule is O=C(O)CCC(=O)Nc1cccc(C2OC(CSc3ncccn3)CC(c3ccc(CO)cc3)O2)c1. The number of ether oxygens (including phenoxy) is 2. The highest BCUT2D eigenvalue weighted by atomic mass is 32.2. The first-order chi connectivity index (χ1) is 17.5. The van der Waals surface area contributed by atoms with Crippen molar-refractivity contribution in [3.8, 4) is 0 Å². The number of benzene rings is 2. The highest BCUT2D eigenvalue weighted by Crippen LogP contribution is 2.39. The molecule has 1 saturated heterocycles. The summed E-state index contributed by atoms with van der Waals surface area (Å²) in [5.74, 6) is -0.773. The monoisotopic (exact) mass is 509 g/mol. The molecule has 3 atom stereocenters. The standard InChI is InChI=1S/C26H27N3O6S/c30-15-17-5-7-18(8-6-17)22-14-21(16-36-26-27-11-2-12-28-26)34-25(35-22)19-3-1-4-20(13-19)29-23(31)9-10-24(32)33/h1-8,11-13,21-22,25,30H,9-10,14-16H2,(H,29,31)(H,32,33). The highest BCUT2D eigenvalue weighted by Gasteiger charge is 2.32. The van der Waals surface area contributed by atoms with E-state index in [9.17, 15) is 14.7 Å². The zero-order valence-electron chi connectivity index (χ0n) is 19.4. The van der Waals surface area contributed by atoms with E-state index in [0.29, 0.717) is 23.0 Å². The summed E-state index contributed by atoms with van der Waals surface area (Å²) >= 11 is 1.51. The van der Waals surface area contributed by atoms with Crippen LogP contribution in [0.2, 0.25) is 0 Å². The zero-order chi connectivity index (χ0) is 25.3. The second-order valence-corrected chi connectivity index (χ2v) is 9.25. The van der Waals surface area contributed by atoms with Gasteiger partial charge in [-0.2, -0.15) is 0 Å². The van der Waals surface area contributed by atoms with E-state index in [1.165, 1.54) is 11.8 Å². The lowest BCUT2D eigenvalue weighted by atomic mass is 10.0. The van der Waals surface area contributed by atoms with Gasteiger partial charge in [-0.1, -0.05) is 48.2 Å². The molecule has 1 aliphatic heterocycles. The largest absolute Gasteiger partial charge is 0.481 e. The van der Waals surface area contributed by atoms with Crippen molar-refractivity contribution < 1.29 is 29.3 Å². The van der Waals surface area contributed by atoms with E-state index in [2.05, 4.69) is 15.3 Å². The first-order valence-corrected chi connectivity index (χ1v) is 12.5. The van der Waals surface area contributed by atoms with Crippen molar-refractivity contribution in [2.45, 2.75) is 49.5 Å². The Morgan fingerprint density at radius 2 is 1.78 bits per heavy atom. The van der Waals surface area contributed by atoms with Crippen molar-refractivity contribution in [3.05, 3.63) is 83.7 Å². The van der Waals surface area contributed by atoms with Crippen molar-refractivity contribution in [3.63, 3.8) is 0 Å². The number of aromatic nitrogens is 2. The summed E-state index contributed by atoms with van der Waals surface area (Å²) in [6.07, 6.45) is 2.60. The first-order valence-electron chi connectivity index (χ1n) is 11.5. The van der Waals surface area contributed by atoms with Gasteiger partial charge in [-0.05, 0) is 29.3 Å². The van der Waals surface area contributed by atoms with Crippen molar-refractivity contribution in [2.75, 3.05) is 11.1 Å². The highest BCUT2D eigenvalue weighted by molar-refractivity contribution is 7.99. The van der Waals surface area contributed by atoms with E-state index < -0.39 is 12.3 Å². The summed E-state index contributed by atoms with van der Waals surface area (Å²) < 4.78 is 12.6. The molecule has 10 heteroatoms. The van der Waals surface area contributed by atoms with E-state index in [4.69, 9.17) is 14.6 Å². The second kappa shape index (κ2) is 12.6. The van der Waals surface area contributed by atoms with Gasteiger partial charge in [0, 0.05) is 42.2 Å². The van der Waals surface area contributed by atoms with Gasteiger partial charge in [0.2, 0.25) is 5.91 Å². The van der Waals surface area contributed by atoms with E-state index in [1.807, 2.05) is 30.3 Å². The minimum atomic E-state index is -1.02. The van der Waals surface area contributed by atoms with Crippen LogP contribution in [0.4, 0.5) is 5.69 Å². The predicted molar refractivity (Wildman–Crippen MR) is 133 cm³/mol. The molecule has 36 heavy (non-hydrogen) atoms. The third-order valence-corrected chi connectivity index (χ3v) is 6.57. The number of carbonyl (C=O) groups is 2. The van der Waals surface area contributed by atoms with Gasteiger partial charge in [0.25, 0.3) is 0 Å². The molecule has 0 bridgehead atoms. The summed E-state index contributed by atoms with van der Waals surface area (Å²) in [5, 5.41) is 21.6. The van der Waals surface area contributed by atoms with Crippen LogP contribution in [0.5, 0.6) is 0 Å². The number of anilines is 1. The Labute approximate surface area is 212 Å². The average Bonchev–Trinajstić information content (AvgIpc) is 2.91. The molecular formula is C26H27N3O6S. The van der Waals surface area contributed by atoms with Gasteiger partial charge in [0.05, 0.1) is 25.2 Å². The van der Waals surface area contributed by atoms with E-state index in [-0.39, 0.29) is 37.6 Å². The number of carboxylic acid groups (broad SMARTS) is 1. The zero-order valence-corrected chi connectivity index (χ0v) is 20.3. The maximum atomic E-state index is 12.1. The second-order valence-electron chi connectivity index (χ2n) is 8.26. The van der Waals surface area contributed by atoms with Crippen molar-refractivity contribution in [2.24, 2.45) is 0 Å². The Balaban J connectivity index is 1.50. The number of rotatable bonds is 10. The molecule has 0 saturated carbocycles. The van der Waals surface area contributed by atoms with Crippen LogP contribution in [0.1, 0.15) is 48.3 Å². The summed E-state index contributed by atoms with van der Waals surface area (Å²) in [6.45, 7) is -0.0289. The maximum absolute atomic E-state index is 12.1. The third-order valence-electron chi connectivity index (χ3n) is 5.56. The Hall–Kier alpha value is -3.31. The Bertz CT molecular complexity index is 1160. The van der Waals surface area contributed by atoms with Gasteiger partial charge >= 0.3 is 5.97 Å². The summed E-state index contributed by atoms with van der Waals surface area (Å²) in [4.78, 5) is 31.4. The fourth-order valence-corrected chi connectivity index (χ4v) is 4.58. The third kappa shape index (κ3) is 7.34. The van der Waals surface area contributed by atoms with Crippen LogP contribution in [-0.2, 0) is 25.7 Å². The topological polar surface area (TPSA) is 131 Å². The number of aliphatic hydroxyl groups excluding tert-OH is 1. The number of carbonyl (C=O) groups excluding carboxylic acids is 1. The number of aliphatic carboxylic acids is 1. The minimum Gasteiger partial charge on any atom is -0.481 e. The van der Waals surface area contributed by atoms with Crippen molar-refractivity contribution in [1.29, 1.82) is 0 Å². The quantitative estimate of drug-likeness (QED) is 0.273. The normalized spacial score (nSPS) is 19.5. The van der Waals surface area contributed by atoms with Crippen LogP contribution >= 0.6 is 11.8 Å². The van der Waals surface area contributed by atoms with E-state index in [1.54, 1.807) is 36.7 Å². The smallest absolute Gasteiger partial charge is 0.303 e. The molecular weight excluding hydrogens is 482 g/mol. The summed E-state index contributed by atoms with van der Waals surface area (Å²) in [5.41, 5.74) is 3.06. The van der Waals surface area contributed by atoms with E-state index >= 15 is 0 Å². The number of carboxylic acids is 1. The predicted octanol–water partition coefficient (Wildman–Crippen LogP) is 4.11. The molecule has 3 unspecified atom stereocenters. The van der Waals surface area contributed by atoms with Gasteiger partial charge in [-0.15, -0.1) is 0 Å². The fraction of sp³-hybridized carbons (Fsp3) is 0.308. The molecule has 3 aromatic rings. The van der Waals surface area contributed by atoms with Crippen LogP contribution < -0.4 is 5.32 Å². The molecule has 9 nitrogen and oxygen atoms in total. The molecule has 2 aromatic carbocycles. The van der Waals surface area contributed by atoms with Crippen LogP contribution in [0.25, 0.3) is 0 Å². The number of nitrogens with one attached hydrogen (secondary N) is 1. The van der Waals surface area contributed by atoms with Crippen molar-refractivity contribution >= 4 is 29.3 Å². The molecule has 1 aromatic heterocycles. The number of hydrogen-bond acceptors (Lipinski definition) is 8. The molecule has 1 amide bonds. The number of aliphatic hydroxyl groups is 1. The average molecular weight is 510 g/mol. The number of amides is 1. The van der Waals surface area contributed by atoms with E-state index in [0.717, 1.165) is 16.7 Å².